The topological polar surface area (TPSA) is 51.1 Å². The SMILES string of the molecule is O=C1C(=Cc2ccc3c(c2)OCO3)N=C(SCc2cccc(C(F)(F)F)c2)N1CCCc1ccccc1. The Morgan fingerprint density at radius 2 is 1.73 bits per heavy atom. The molecule has 3 aromatic carbocycles. The molecule has 0 spiro atoms. The second-order valence-electron chi connectivity index (χ2n) is 8.57. The van der Waals surface area contributed by atoms with E-state index in [9.17, 15) is 18.0 Å². The van der Waals surface area contributed by atoms with Gasteiger partial charge in [-0.1, -0.05) is 66.4 Å². The van der Waals surface area contributed by atoms with Gasteiger partial charge in [-0.25, -0.2) is 4.99 Å². The van der Waals surface area contributed by atoms with Gasteiger partial charge in [0.1, 0.15) is 5.70 Å². The number of carbonyl (C=O) groups is 1. The Labute approximate surface area is 216 Å². The van der Waals surface area contributed by atoms with Gasteiger partial charge in [-0.05, 0) is 53.8 Å². The number of amidine groups is 1. The van der Waals surface area contributed by atoms with Gasteiger partial charge in [-0.2, -0.15) is 13.2 Å². The number of benzene rings is 3. The second kappa shape index (κ2) is 10.7. The average molecular weight is 525 g/mol. The zero-order chi connectivity index (χ0) is 25.8. The largest absolute Gasteiger partial charge is 0.454 e. The van der Waals surface area contributed by atoms with E-state index in [1.54, 1.807) is 29.2 Å². The average Bonchev–Trinajstić information content (AvgIpc) is 3.47. The number of nitrogens with zero attached hydrogens (tertiary/aromatic N) is 2. The van der Waals surface area contributed by atoms with Crippen molar-refractivity contribution in [2.75, 3.05) is 13.3 Å². The molecule has 0 unspecified atom stereocenters. The summed E-state index contributed by atoms with van der Waals surface area (Å²) in [5, 5.41) is 0.475. The second-order valence-corrected chi connectivity index (χ2v) is 9.51. The Balaban J connectivity index is 1.35. The summed E-state index contributed by atoms with van der Waals surface area (Å²) in [6.45, 7) is 0.596. The predicted octanol–water partition coefficient (Wildman–Crippen LogP) is 6.54. The number of fused-ring (bicyclic) bond motifs is 1. The van der Waals surface area contributed by atoms with E-state index in [4.69, 9.17) is 9.47 Å². The van der Waals surface area contributed by atoms with Gasteiger partial charge >= 0.3 is 6.18 Å². The van der Waals surface area contributed by atoms with Crippen molar-refractivity contribution in [2.45, 2.75) is 24.8 Å². The molecule has 2 heterocycles. The number of alkyl halides is 3. The van der Waals surface area contributed by atoms with E-state index < -0.39 is 11.7 Å². The predicted molar refractivity (Wildman–Crippen MR) is 137 cm³/mol. The summed E-state index contributed by atoms with van der Waals surface area (Å²) in [5.74, 6) is 1.26. The number of carbonyl (C=O) groups excluding carboxylic acids is 1. The molecule has 0 saturated carbocycles. The Bertz CT molecular complexity index is 1360. The summed E-state index contributed by atoms with van der Waals surface area (Å²) in [7, 11) is 0. The van der Waals surface area contributed by atoms with Crippen molar-refractivity contribution in [3.63, 3.8) is 0 Å². The van der Waals surface area contributed by atoms with Crippen molar-refractivity contribution in [2.24, 2.45) is 4.99 Å². The Morgan fingerprint density at radius 3 is 2.54 bits per heavy atom. The van der Waals surface area contributed by atoms with Crippen LogP contribution in [-0.4, -0.2) is 29.3 Å². The van der Waals surface area contributed by atoms with Gasteiger partial charge in [0, 0.05) is 12.3 Å². The summed E-state index contributed by atoms with van der Waals surface area (Å²) in [6.07, 6.45) is -1.22. The number of hydrogen-bond donors (Lipinski definition) is 0. The molecular formula is C28H23F3N2O3S. The van der Waals surface area contributed by atoms with E-state index in [2.05, 4.69) is 4.99 Å². The lowest BCUT2D eigenvalue weighted by Crippen LogP contribution is -2.31. The number of aliphatic imine (C=N–C) groups is 1. The number of amides is 1. The highest BCUT2D eigenvalue weighted by molar-refractivity contribution is 8.13. The Hall–Kier alpha value is -3.72. The molecule has 1 amide bonds. The monoisotopic (exact) mass is 524 g/mol. The number of halogens is 3. The molecule has 0 radical (unpaired) electrons. The number of ether oxygens (including phenoxy) is 2. The van der Waals surface area contributed by atoms with Crippen LogP contribution in [0.15, 0.2) is 83.5 Å². The molecule has 0 atom stereocenters. The van der Waals surface area contributed by atoms with Gasteiger partial charge in [0.25, 0.3) is 5.91 Å². The number of hydrogen-bond acceptors (Lipinski definition) is 5. The van der Waals surface area contributed by atoms with Crippen LogP contribution in [0.2, 0.25) is 0 Å². The van der Waals surface area contributed by atoms with Gasteiger partial charge in [-0.15, -0.1) is 0 Å². The molecule has 3 aromatic rings. The normalized spacial score (nSPS) is 16.0. The third-order valence-corrected chi connectivity index (χ3v) is 6.97. The lowest BCUT2D eigenvalue weighted by molar-refractivity contribution is -0.137. The minimum absolute atomic E-state index is 0.151. The van der Waals surface area contributed by atoms with Crippen LogP contribution in [-0.2, 0) is 23.1 Å². The first-order valence-electron chi connectivity index (χ1n) is 11.7. The summed E-state index contributed by atoms with van der Waals surface area (Å²) in [4.78, 5) is 19.5. The highest BCUT2D eigenvalue weighted by Crippen LogP contribution is 2.35. The molecule has 0 aliphatic carbocycles. The van der Waals surface area contributed by atoms with Crippen molar-refractivity contribution in [3.05, 3.63) is 101 Å². The first-order valence-corrected chi connectivity index (χ1v) is 12.7. The van der Waals surface area contributed by atoms with E-state index in [0.717, 1.165) is 30.5 Å². The molecule has 5 rings (SSSR count). The molecule has 9 heteroatoms. The van der Waals surface area contributed by atoms with E-state index in [1.807, 2.05) is 36.4 Å². The number of thioether (sulfide) groups is 1. The Morgan fingerprint density at radius 1 is 0.946 bits per heavy atom. The van der Waals surface area contributed by atoms with Crippen molar-refractivity contribution >= 4 is 28.9 Å². The summed E-state index contributed by atoms with van der Waals surface area (Å²) >= 11 is 1.25. The zero-order valence-corrected chi connectivity index (χ0v) is 20.5. The van der Waals surface area contributed by atoms with E-state index in [0.29, 0.717) is 28.8 Å². The van der Waals surface area contributed by atoms with Crippen LogP contribution < -0.4 is 9.47 Å². The van der Waals surface area contributed by atoms with Gasteiger partial charge in [-0.3, -0.25) is 9.69 Å². The maximum Gasteiger partial charge on any atom is 0.416 e. The number of rotatable bonds is 7. The third kappa shape index (κ3) is 5.99. The zero-order valence-electron chi connectivity index (χ0n) is 19.7. The van der Waals surface area contributed by atoms with Crippen molar-refractivity contribution < 1.29 is 27.4 Å². The highest BCUT2D eigenvalue weighted by atomic mass is 32.2. The van der Waals surface area contributed by atoms with Gasteiger partial charge in [0.15, 0.2) is 16.7 Å². The minimum atomic E-state index is -4.41. The van der Waals surface area contributed by atoms with Crippen LogP contribution in [0.25, 0.3) is 6.08 Å². The fraction of sp³-hybridized carbons (Fsp3) is 0.214. The lowest BCUT2D eigenvalue weighted by atomic mass is 10.1. The van der Waals surface area contributed by atoms with E-state index in [-0.39, 0.29) is 24.2 Å². The molecule has 0 aromatic heterocycles. The van der Waals surface area contributed by atoms with Crippen molar-refractivity contribution in [1.82, 2.24) is 4.90 Å². The molecule has 0 saturated heterocycles. The molecule has 5 nitrogen and oxygen atoms in total. The maximum atomic E-state index is 13.3. The first-order chi connectivity index (χ1) is 17.9. The summed E-state index contributed by atoms with van der Waals surface area (Å²) in [5.41, 5.74) is 1.99. The fourth-order valence-electron chi connectivity index (χ4n) is 4.07. The highest BCUT2D eigenvalue weighted by Gasteiger charge is 2.32. The lowest BCUT2D eigenvalue weighted by Gasteiger charge is -2.18. The van der Waals surface area contributed by atoms with E-state index >= 15 is 0 Å². The maximum absolute atomic E-state index is 13.3. The smallest absolute Gasteiger partial charge is 0.416 e. The minimum Gasteiger partial charge on any atom is -0.454 e. The van der Waals surface area contributed by atoms with Crippen LogP contribution in [0, 0.1) is 0 Å². The standard InChI is InChI=1S/C28H23F3N2O3S/c29-28(30,31)22-10-4-8-21(14-22)17-37-27-32-23(15-20-11-12-24-25(16-20)36-18-35-24)26(34)33(27)13-5-9-19-6-2-1-3-7-19/h1-4,6-8,10-12,14-16H,5,9,13,17-18H2. The fourth-order valence-corrected chi connectivity index (χ4v) is 5.04. The molecule has 190 valence electrons. The van der Waals surface area contributed by atoms with Crippen molar-refractivity contribution in [1.29, 1.82) is 0 Å². The van der Waals surface area contributed by atoms with Crippen LogP contribution in [0.5, 0.6) is 11.5 Å². The van der Waals surface area contributed by atoms with Gasteiger partial charge in [0.2, 0.25) is 6.79 Å². The van der Waals surface area contributed by atoms with Crippen LogP contribution >= 0.6 is 11.8 Å². The van der Waals surface area contributed by atoms with E-state index in [1.165, 1.54) is 23.4 Å². The molecule has 0 fully saturated rings. The van der Waals surface area contributed by atoms with Crippen LogP contribution in [0.4, 0.5) is 13.2 Å². The third-order valence-electron chi connectivity index (χ3n) is 5.92. The van der Waals surface area contributed by atoms with Gasteiger partial charge < -0.3 is 9.47 Å². The van der Waals surface area contributed by atoms with Crippen LogP contribution in [0.3, 0.4) is 0 Å². The summed E-state index contributed by atoms with van der Waals surface area (Å²) < 4.78 is 50.2. The Kier molecular flexibility index (Phi) is 7.23. The molecule has 2 aliphatic heterocycles. The molecule has 37 heavy (non-hydrogen) atoms. The van der Waals surface area contributed by atoms with Gasteiger partial charge in [0.05, 0.1) is 5.56 Å². The molecule has 0 N–H and O–H groups in total. The molecule has 2 aliphatic rings. The van der Waals surface area contributed by atoms with Crippen LogP contribution in [0.1, 0.15) is 28.7 Å². The molecular weight excluding hydrogens is 501 g/mol. The summed E-state index contributed by atoms with van der Waals surface area (Å²) in [6, 6.07) is 20.6. The quantitative estimate of drug-likeness (QED) is 0.330. The van der Waals surface area contributed by atoms with Crippen molar-refractivity contribution in [3.8, 4) is 11.5 Å². The number of aryl methyl sites for hydroxylation is 1. The molecule has 0 bridgehead atoms. The first kappa shape index (κ1) is 25.0.